The molecule has 0 aliphatic rings. The SMILES string of the molecule is CCNC(=NCC(C)(C)CN(C)C)NCCOC.I. The van der Waals surface area contributed by atoms with E-state index in [1.54, 1.807) is 7.11 Å². The number of aliphatic imine (C=N–C) groups is 1. The topological polar surface area (TPSA) is 48.9 Å². The fourth-order valence-corrected chi connectivity index (χ4v) is 1.81. The molecule has 0 saturated heterocycles. The highest BCUT2D eigenvalue weighted by molar-refractivity contribution is 14.0. The molecule has 0 aliphatic heterocycles. The summed E-state index contributed by atoms with van der Waals surface area (Å²) in [7, 11) is 5.88. The fourth-order valence-electron chi connectivity index (χ4n) is 1.81. The first-order valence-corrected chi connectivity index (χ1v) is 6.57. The van der Waals surface area contributed by atoms with Crippen LogP contribution in [-0.2, 0) is 4.74 Å². The lowest BCUT2D eigenvalue weighted by Crippen LogP contribution is -2.40. The van der Waals surface area contributed by atoms with Gasteiger partial charge in [0.25, 0.3) is 0 Å². The van der Waals surface area contributed by atoms with E-state index in [4.69, 9.17) is 4.74 Å². The van der Waals surface area contributed by atoms with Crippen LogP contribution in [0, 0.1) is 5.41 Å². The average Bonchev–Trinajstić information content (AvgIpc) is 2.24. The van der Waals surface area contributed by atoms with E-state index >= 15 is 0 Å². The summed E-state index contributed by atoms with van der Waals surface area (Å²) >= 11 is 0. The summed E-state index contributed by atoms with van der Waals surface area (Å²) < 4.78 is 5.02. The molecule has 0 spiro atoms. The quantitative estimate of drug-likeness (QED) is 0.287. The van der Waals surface area contributed by atoms with Crippen LogP contribution >= 0.6 is 24.0 Å². The van der Waals surface area contributed by atoms with Gasteiger partial charge >= 0.3 is 0 Å². The van der Waals surface area contributed by atoms with E-state index in [1.165, 1.54) is 0 Å². The lowest BCUT2D eigenvalue weighted by Gasteiger charge is -2.26. The zero-order valence-electron chi connectivity index (χ0n) is 13.2. The van der Waals surface area contributed by atoms with Gasteiger partial charge in [0, 0.05) is 33.3 Å². The van der Waals surface area contributed by atoms with Gasteiger partial charge in [-0.15, -0.1) is 24.0 Å². The Morgan fingerprint density at radius 1 is 1.26 bits per heavy atom. The summed E-state index contributed by atoms with van der Waals surface area (Å²) in [5, 5.41) is 6.48. The lowest BCUT2D eigenvalue weighted by atomic mass is 9.93. The maximum absolute atomic E-state index is 5.02. The Hall–Kier alpha value is -0.0800. The Labute approximate surface area is 135 Å². The molecule has 0 aromatic carbocycles. The average molecular weight is 386 g/mol. The lowest BCUT2D eigenvalue weighted by molar-refractivity contribution is 0.203. The molecule has 6 heteroatoms. The van der Waals surface area contributed by atoms with Crippen molar-refractivity contribution in [3.8, 4) is 0 Å². The van der Waals surface area contributed by atoms with Crippen molar-refractivity contribution >= 4 is 29.9 Å². The molecular formula is C13H31IN4O. The molecule has 0 aromatic rings. The molecule has 0 amide bonds. The van der Waals surface area contributed by atoms with E-state index in [9.17, 15) is 0 Å². The monoisotopic (exact) mass is 386 g/mol. The van der Waals surface area contributed by atoms with Gasteiger partial charge in [-0.25, -0.2) is 0 Å². The molecular weight excluding hydrogens is 355 g/mol. The highest BCUT2D eigenvalue weighted by atomic mass is 127. The summed E-state index contributed by atoms with van der Waals surface area (Å²) in [4.78, 5) is 6.82. The van der Waals surface area contributed by atoms with Crippen molar-refractivity contribution < 1.29 is 4.74 Å². The molecule has 0 heterocycles. The standard InChI is InChI=1S/C13H30N4O.HI/c1-7-14-12(15-8-9-18-6)16-10-13(2,3)11-17(4)5;/h7-11H2,1-6H3,(H2,14,15,16);1H. The molecule has 19 heavy (non-hydrogen) atoms. The molecule has 0 aromatic heterocycles. The summed E-state index contributed by atoms with van der Waals surface area (Å²) in [5.74, 6) is 0.862. The molecule has 5 nitrogen and oxygen atoms in total. The number of hydrogen-bond acceptors (Lipinski definition) is 3. The maximum Gasteiger partial charge on any atom is 0.191 e. The third-order valence-electron chi connectivity index (χ3n) is 2.35. The van der Waals surface area contributed by atoms with Crippen LogP contribution in [0.4, 0.5) is 0 Å². The minimum absolute atomic E-state index is 0. The van der Waals surface area contributed by atoms with Gasteiger partial charge in [-0.2, -0.15) is 0 Å². The van der Waals surface area contributed by atoms with Gasteiger partial charge < -0.3 is 20.3 Å². The second kappa shape index (κ2) is 11.7. The van der Waals surface area contributed by atoms with Crippen LogP contribution in [0.25, 0.3) is 0 Å². The van der Waals surface area contributed by atoms with Gasteiger partial charge in [-0.05, 0) is 26.4 Å². The second-order valence-electron chi connectivity index (χ2n) is 5.52. The Morgan fingerprint density at radius 3 is 2.37 bits per heavy atom. The van der Waals surface area contributed by atoms with Crippen LogP contribution in [-0.4, -0.2) is 64.9 Å². The molecule has 0 atom stereocenters. The van der Waals surface area contributed by atoms with Gasteiger partial charge in [-0.1, -0.05) is 13.8 Å². The van der Waals surface area contributed by atoms with Crippen molar-refractivity contribution in [3.63, 3.8) is 0 Å². The van der Waals surface area contributed by atoms with Crippen molar-refractivity contribution in [2.24, 2.45) is 10.4 Å². The molecule has 0 bridgehead atoms. The van der Waals surface area contributed by atoms with E-state index < -0.39 is 0 Å². The van der Waals surface area contributed by atoms with Crippen molar-refractivity contribution in [1.82, 2.24) is 15.5 Å². The van der Waals surface area contributed by atoms with Crippen LogP contribution in [0.5, 0.6) is 0 Å². The Kier molecular flexibility index (Phi) is 13.1. The highest BCUT2D eigenvalue weighted by Crippen LogP contribution is 2.15. The first-order valence-electron chi connectivity index (χ1n) is 6.57. The van der Waals surface area contributed by atoms with Crippen molar-refractivity contribution in [2.75, 3.05) is 54.0 Å². The fraction of sp³-hybridized carbons (Fsp3) is 0.923. The van der Waals surface area contributed by atoms with Gasteiger partial charge in [-0.3, -0.25) is 4.99 Å². The highest BCUT2D eigenvalue weighted by Gasteiger charge is 2.18. The van der Waals surface area contributed by atoms with E-state index in [0.717, 1.165) is 32.1 Å². The number of ether oxygens (including phenoxy) is 1. The molecule has 0 rings (SSSR count). The molecule has 0 saturated carbocycles. The zero-order chi connectivity index (χ0) is 14.0. The van der Waals surface area contributed by atoms with Crippen LogP contribution in [0.15, 0.2) is 4.99 Å². The van der Waals surface area contributed by atoms with Crippen LogP contribution in [0.3, 0.4) is 0 Å². The smallest absolute Gasteiger partial charge is 0.191 e. The van der Waals surface area contributed by atoms with E-state index in [1.807, 2.05) is 0 Å². The largest absolute Gasteiger partial charge is 0.383 e. The summed E-state index contributed by atoms with van der Waals surface area (Å²) in [5.41, 5.74) is 0.174. The third-order valence-corrected chi connectivity index (χ3v) is 2.35. The number of hydrogen-bond donors (Lipinski definition) is 2. The number of nitrogens with zero attached hydrogens (tertiary/aromatic N) is 2. The van der Waals surface area contributed by atoms with Crippen LogP contribution < -0.4 is 10.6 Å². The van der Waals surface area contributed by atoms with E-state index in [-0.39, 0.29) is 29.4 Å². The first kappa shape index (κ1) is 21.2. The molecule has 0 aliphatic carbocycles. The van der Waals surface area contributed by atoms with Gasteiger partial charge in [0.15, 0.2) is 5.96 Å². The number of rotatable bonds is 8. The predicted molar refractivity (Wildman–Crippen MR) is 93.6 cm³/mol. The number of guanidine groups is 1. The summed E-state index contributed by atoms with van der Waals surface area (Å²) in [6.45, 7) is 10.7. The van der Waals surface area contributed by atoms with Crippen LogP contribution in [0.2, 0.25) is 0 Å². The maximum atomic E-state index is 5.02. The minimum Gasteiger partial charge on any atom is -0.383 e. The van der Waals surface area contributed by atoms with E-state index in [2.05, 4.69) is 55.4 Å². The predicted octanol–water partition coefficient (Wildman–Crippen LogP) is 1.39. The van der Waals surface area contributed by atoms with Crippen molar-refractivity contribution in [3.05, 3.63) is 0 Å². The van der Waals surface area contributed by atoms with Crippen molar-refractivity contribution in [2.45, 2.75) is 20.8 Å². The normalized spacial score (nSPS) is 12.3. The number of nitrogens with one attached hydrogen (secondary N) is 2. The Bertz CT molecular complexity index is 245. The van der Waals surface area contributed by atoms with Gasteiger partial charge in [0.1, 0.15) is 0 Å². The second-order valence-corrected chi connectivity index (χ2v) is 5.52. The van der Waals surface area contributed by atoms with Gasteiger partial charge in [0.2, 0.25) is 0 Å². The van der Waals surface area contributed by atoms with Crippen molar-refractivity contribution in [1.29, 1.82) is 0 Å². The minimum atomic E-state index is 0. The molecule has 0 unspecified atom stereocenters. The van der Waals surface area contributed by atoms with Crippen LogP contribution in [0.1, 0.15) is 20.8 Å². The third kappa shape index (κ3) is 12.7. The van der Waals surface area contributed by atoms with E-state index in [0.29, 0.717) is 6.61 Å². The molecule has 0 radical (unpaired) electrons. The molecule has 116 valence electrons. The molecule has 0 fully saturated rings. The zero-order valence-corrected chi connectivity index (χ0v) is 15.6. The number of halogens is 1. The summed E-state index contributed by atoms with van der Waals surface area (Å²) in [6, 6.07) is 0. The summed E-state index contributed by atoms with van der Waals surface area (Å²) in [6.07, 6.45) is 0. The Balaban J connectivity index is 0. The number of methoxy groups -OCH3 is 1. The first-order chi connectivity index (χ1) is 8.41. The molecule has 2 N–H and O–H groups in total. The van der Waals surface area contributed by atoms with Gasteiger partial charge in [0.05, 0.1) is 6.61 Å². The Morgan fingerprint density at radius 2 is 1.89 bits per heavy atom.